The van der Waals surface area contributed by atoms with E-state index in [0.29, 0.717) is 30.7 Å². The van der Waals surface area contributed by atoms with Gasteiger partial charge in [0.05, 0.1) is 19.6 Å². The zero-order chi connectivity index (χ0) is 24.2. The topological polar surface area (TPSA) is 54.4 Å². The Hall–Kier alpha value is -2.25. The summed E-state index contributed by atoms with van der Waals surface area (Å²) in [6.45, 7) is 5.12. The highest BCUT2D eigenvalue weighted by Gasteiger charge is 2.43. The van der Waals surface area contributed by atoms with Gasteiger partial charge < -0.3 is 14.4 Å². The monoisotopic (exact) mass is 483 g/mol. The van der Waals surface area contributed by atoms with E-state index in [0.717, 1.165) is 63.2 Å². The Labute approximate surface area is 208 Å². The fourth-order valence-corrected chi connectivity index (χ4v) is 5.81. The van der Waals surface area contributed by atoms with Crippen LogP contribution >= 0.6 is 0 Å². The maximum atomic E-state index is 14.4. The van der Waals surface area contributed by atoms with Crippen molar-refractivity contribution in [1.82, 2.24) is 9.80 Å². The second-order valence-corrected chi connectivity index (χ2v) is 10.5. The molecule has 1 aromatic carbocycles. The summed E-state index contributed by atoms with van der Waals surface area (Å²) in [6, 6.07) is 4.92. The molecule has 0 radical (unpaired) electrons. The molecule has 3 fully saturated rings. The molecule has 35 heavy (non-hydrogen) atoms. The van der Waals surface area contributed by atoms with Gasteiger partial charge in [0, 0.05) is 52.0 Å². The van der Waals surface area contributed by atoms with Gasteiger partial charge in [0.2, 0.25) is 5.91 Å². The van der Waals surface area contributed by atoms with Crippen LogP contribution in [0, 0.1) is 23.6 Å². The third-order valence-electron chi connectivity index (χ3n) is 8.23. The zero-order valence-corrected chi connectivity index (χ0v) is 20.8. The number of amides is 1. The minimum Gasteiger partial charge on any atom is -0.493 e. The molecule has 0 spiro atoms. The van der Waals surface area contributed by atoms with E-state index in [2.05, 4.69) is 11.0 Å². The van der Waals surface area contributed by atoms with E-state index < -0.39 is 0 Å². The molecule has 2 unspecified atom stereocenters. The predicted octanol–water partition coefficient (Wildman–Crippen LogP) is 4.09. The van der Waals surface area contributed by atoms with Crippen molar-refractivity contribution in [3.8, 4) is 5.75 Å². The molecule has 0 bridgehead atoms. The molecular formula is C28H38FN3O3. The number of hydrogen-bond donors (Lipinski definition) is 0. The first-order chi connectivity index (χ1) is 17.1. The van der Waals surface area contributed by atoms with Crippen LogP contribution in [0.3, 0.4) is 0 Å². The van der Waals surface area contributed by atoms with E-state index in [4.69, 9.17) is 14.5 Å². The fraction of sp³-hybridized carbons (Fsp3) is 0.643. The molecule has 2 saturated heterocycles. The van der Waals surface area contributed by atoms with Crippen LogP contribution in [0.5, 0.6) is 5.75 Å². The maximum Gasteiger partial charge on any atom is 0.227 e. The Morgan fingerprint density at radius 3 is 2.69 bits per heavy atom. The molecule has 1 amide bonds. The van der Waals surface area contributed by atoms with Crippen LogP contribution in [0.25, 0.3) is 0 Å². The van der Waals surface area contributed by atoms with Crippen LogP contribution in [0.4, 0.5) is 4.39 Å². The van der Waals surface area contributed by atoms with Crippen LogP contribution in [0.2, 0.25) is 0 Å². The number of benzene rings is 1. The van der Waals surface area contributed by atoms with Crippen LogP contribution in [-0.2, 0) is 16.0 Å². The van der Waals surface area contributed by atoms with Crippen LogP contribution in [0.1, 0.15) is 44.1 Å². The molecule has 3 atom stereocenters. The summed E-state index contributed by atoms with van der Waals surface area (Å²) < 4.78 is 25.5. The normalized spacial score (nSPS) is 26.9. The SMILES string of the molecule is COCC1=CCC(N2CCC(C3C[C@H]3CCOc3ccc(CC(=O)N4CCC4)c(F)c3)CC2)N=C1. The summed E-state index contributed by atoms with van der Waals surface area (Å²) in [7, 11) is 1.72. The average molecular weight is 484 g/mol. The van der Waals surface area contributed by atoms with Crippen LogP contribution < -0.4 is 4.74 Å². The number of halogens is 1. The van der Waals surface area contributed by atoms with E-state index in [1.807, 2.05) is 6.21 Å². The van der Waals surface area contributed by atoms with Crippen molar-refractivity contribution < 1.29 is 18.7 Å². The van der Waals surface area contributed by atoms with Gasteiger partial charge in [0.25, 0.3) is 0 Å². The quantitative estimate of drug-likeness (QED) is 0.503. The van der Waals surface area contributed by atoms with Gasteiger partial charge in [-0.05, 0) is 67.1 Å². The standard InChI is InChI=1S/C28H38FN3O3/c1-34-19-20-3-6-27(30-18-20)31-12-7-21(8-13-31)25-15-22(25)9-14-35-24-5-4-23(26(29)17-24)16-28(33)32-10-2-11-32/h3-5,17-18,21-22,25,27H,2,6-16,19H2,1H3/t22-,25?,27?/m1/s1. The highest BCUT2D eigenvalue weighted by Crippen LogP contribution is 2.50. The van der Waals surface area contributed by atoms with E-state index in [1.54, 1.807) is 24.1 Å². The summed E-state index contributed by atoms with van der Waals surface area (Å²) in [6.07, 6.45) is 11.5. The number of rotatable bonds is 10. The molecule has 190 valence electrons. The van der Waals surface area contributed by atoms with Crippen molar-refractivity contribution >= 4 is 12.1 Å². The number of piperidine rings is 1. The molecular weight excluding hydrogens is 445 g/mol. The Morgan fingerprint density at radius 2 is 2.03 bits per heavy atom. The molecule has 0 aromatic heterocycles. The lowest BCUT2D eigenvalue weighted by Gasteiger charge is -2.36. The van der Waals surface area contributed by atoms with Gasteiger partial charge in [-0.1, -0.05) is 12.1 Å². The second-order valence-electron chi connectivity index (χ2n) is 10.5. The first-order valence-electron chi connectivity index (χ1n) is 13.2. The van der Waals surface area contributed by atoms with E-state index in [-0.39, 0.29) is 18.1 Å². The van der Waals surface area contributed by atoms with Crippen molar-refractivity contribution in [3.63, 3.8) is 0 Å². The number of nitrogens with zero attached hydrogens (tertiary/aromatic N) is 3. The molecule has 4 aliphatic rings. The van der Waals surface area contributed by atoms with Crippen molar-refractivity contribution in [2.24, 2.45) is 22.7 Å². The average Bonchev–Trinajstić information content (AvgIpc) is 3.60. The third kappa shape index (κ3) is 6.12. The Morgan fingerprint density at radius 1 is 1.20 bits per heavy atom. The Kier molecular flexibility index (Phi) is 7.83. The molecule has 7 heteroatoms. The summed E-state index contributed by atoms with van der Waals surface area (Å²) in [5.74, 6) is 2.58. The van der Waals surface area contributed by atoms with Crippen molar-refractivity contribution in [1.29, 1.82) is 0 Å². The van der Waals surface area contributed by atoms with Crippen molar-refractivity contribution in [2.75, 3.05) is 46.5 Å². The minimum atomic E-state index is -0.347. The van der Waals surface area contributed by atoms with Gasteiger partial charge in [-0.15, -0.1) is 0 Å². The van der Waals surface area contributed by atoms with Gasteiger partial charge >= 0.3 is 0 Å². The molecule has 3 heterocycles. The summed E-state index contributed by atoms with van der Waals surface area (Å²) in [5.41, 5.74) is 1.63. The molecule has 3 aliphatic heterocycles. The van der Waals surface area contributed by atoms with Gasteiger partial charge in [-0.2, -0.15) is 0 Å². The van der Waals surface area contributed by atoms with Crippen LogP contribution in [0.15, 0.2) is 34.8 Å². The highest BCUT2D eigenvalue weighted by molar-refractivity contribution is 5.80. The van der Waals surface area contributed by atoms with Gasteiger partial charge in [-0.3, -0.25) is 14.7 Å². The van der Waals surface area contributed by atoms with Crippen molar-refractivity contribution in [3.05, 3.63) is 41.2 Å². The number of likely N-dealkylation sites (tertiary alicyclic amines) is 2. The van der Waals surface area contributed by atoms with Gasteiger partial charge in [0.15, 0.2) is 0 Å². The number of carbonyl (C=O) groups is 1. The lowest BCUT2D eigenvalue weighted by atomic mass is 9.90. The van der Waals surface area contributed by atoms with E-state index in [9.17, 15) is 9.18 Å². The van der Waals surface area contributed by atoms with Gasteiger partial charge in [0.1, 0.15) is 17.7 Å². The van der Waals surface area contributed by atoms with Crippen LogP contribution in [-0.4, -0.2) is 74.6 Å². The lowest BCUT2D eigenvalue weighted by molar-refractivity contribution is -0.133. The largest absolute Gasteiger partial charge is 0.493 e. The van der Waals surface area contributed by atoms with E-state index in [1.165, 1.54) is 30.9 Å². The molecule has 1 saturated carbocycles. The third-order valence-corrected chi connectivity index (χ3v) is 8.23. The maximum absolute atomic E-state index is 14.4. The molecule has 0 N–H and O–H groups in total. The number of dihydropyridines is 1. The minimum absolute atomic E-state index is 0.00828. The smallest absolute Gasteiger partial charge is 0.227 e. The number of methoxy groups -OCH3 is 1. The molecule has 1 aromatic rings. The Bertz CT molecular complexity index is 953. The summed E-state index contributed by atoms with van der Waals surface area (Å²) >= 11 is 0. The molecule has 1 aliphatic carbocycles. The van der Waals surface area contributed by atoms with E-state index >= 15 is 0 Å². The predicted molar refractivity (Wildman–Crippen MR) is 134 cm³/mol. The number of hydrogen-bond acceptors (Lipinski definition) is 5. The summed E-state index contributed by atoms with van der Waals surface area (Å²) in [4.78, 5) is 21.2. The second kappa shape index (κ2) is 11.2. The van der Waals surface area contributed by atoms with Gasteiger partial charge in [-0.25, -0.2) is 4.39 Å². The zero-order valence-electron chi connectivity index (χ0n) is 20.8. The first kappa shape index (κ1) is 24.4. The molecule has 6 nitrogen and oxygen atoms in total. The van der Waals surface area contributed by atoms with Crippen molar-refractivity contribution in [2.45, 2.75) is 51.1 Å². The first-order valence-corrected chi connectivity index (χ1v) is 13.2. The number of aliphatic imine (C=N–C) groups is 1. The number of carbonyl (C=O) groups excluding carboxylic acids is 1. The fourth-order valence-electron chi connectivity index (χ4n) is 5.81. The number of ether oxygens (including phenoxy) is 2. The lowest BCUT2D eigenvalue weighted by Crippen LogP contribution is -2.42. The Balaban J connectivity index is 0.992. The highest BCUT2D eigenvalue weighted by atomic mass is 19.1. The summed E-state index contributed by atoms with van der Waals surface area (Å²) in [5, 5.41) is 0. The molecule has 5 rings (SSSR count).